The minimum atomic E-state index is -0.620. The van der Waals surface area contributed by atoms with Crippen molar-refractivity contribution in [2.24, 2.45) is 5.92 Å². The minimum Gasteiger partial charge on any atom is -0.472 e. The number of fused-ring (bicyclic) bond motifs is 2. The molecule has 2 aliphatic rings. The molecule has 1 saturated carbocycles. The number of benzene rings is 2. The molecular formula is C32H36N6O3. The molecule has 0 radical (unpaired) electrons. The van der Waals surface area contributed by atoms with E-state index < -0.39 is 6.10 Å². The van der Waals surface area contributed by atoms with Crippen LogP contribution in [0.15, 0.2) is 67.4 Å². The Labute approximate surface area is 239 Å². The maximum Gasteiger partial charge on any atom is 0.228 e. The number of aliphatic hydroxyl groups is 2. The van der Waals surface area contributed by atoms with Crippen LogP contribution in [-0.2, 0) is 6.61 Å². The number of anilines is 1. The molecule has 3 aromatic heterocycles. The largest absolute Gasteiger partial charge is 0.472 e. The van der Waals surface area contributed by atoms with Gasteiger partial charge in [0.2, 0.25) is 5.88 Å². The van der Waals surface area contributed by atoms with Crippen molar-refractivity contribution in [3.05, 3.63) is 72.9 Å². The summed E-state index contributed by atoms with van der Waals surface area (Å²) in [5, 5.41) is 21.3. The van der Waals surface area contributed by atoms with Crippen molar-refractivity contribution >= 4 is 27.8 Å². The van der Waals surface area contributed by atoms with Crippen molar-refractivity contribution < 1.29 is 14.9 Å². The van der Waals surface area contributed by atoms with Gasteiger partial charge in [0.1, 0.15) is 18.3 Å². The Bertz CT molecular complexity index is 1640. The molecule has 1 aliphatic heterocycles. The Morgan fingerprint density at radius 2 is 1.80 bits per heavy atom. The molecule has 2 aromatic carbocycles. The van der Waals surface area contributed by atoms with E-state index in [0.717, 1.165) is 39.0 Å². The van der Waals surface area contributed by atoms with E-state index in [1.54, 1.807) is 6.33 Å². The van der Waals surface area contributed by atoms with Gasteiger partial charge in [-0.25, -0.2) is 15.0 Å². The fourth-order valence-corrected chi connectivity index (χ4v) is 6.52. The highest BCUT2D eigenvalue weighted by atomic mass is 16.5. The first-order chi connectivity index (χ1) is 20.2. The van der Waals surface area contributed by atoms with Crippen LogP contribution in [0.25, 0.3) is 27.8 Å². The third kappa shape index (κ3) is 4.93. The van der Waals surface area contributed by atoms with Crippen molar-refractivity contribution in [2.75, 3.05) is 24.6 Å². The normalized spacial score (nSPS) is 20.2. The SMILES string of the molecule is OC[C@H]1CCN(c2cn(-c3ccc4c(c3)ncn4C3CCCCC3)c3ncnc(OCc4ccccc4)c23)C[C@@H]1O. The highest BCUT2D eigenvalue weighted by Crippen LogP contribution is 2.38. The van der Waals surface area contributed by atoms with Gasteiger partial charge in [0, 0.05) is 43.5 Å². The maximum atomic E-state index is 10.8. The first-order valence-electron chi connectivity index (χ1n) is 14.7. The van der Waals surface area contributed by atoms with Crippen LogP contribution in [0.2, 0.25) is 0 Å². The van der Waals surface area contributed by atoms with E-state index in [0.29, 0.717) is 38.0 Å². The molecule has 4 heterocycles. The molecule has 9 heteroatoms. The quantitative estimate of drug-likeness (QED) is 0.292. The molecule has 0 amide bonds. The summed E-state index contributed by atoms with van der Waals surface area (Å²) in [6, 6.07) is 17.0. The summed E-state index contributed by atoms with van der Waals surface area (Å²) >= 11 is 0. The van der Waals surface area contributed by atoms with Gasteiger partial charge in [-0.05, 0) is 43.0 Å². The predicted molar refractivity (Wildman–Crippen MR) is 158 cm³/mol. The number of piperidine rings is 1. The second kappa shape index (κ2) is 11.1. The van der Waals surface area contributed by atoms with Crippen LogP contribution in [0.3, 0.4) is 0 Å². The van der Waals surface area contributed by atoms with E-state index in [9.17, 15) is 10.2 Å². The van der Waals surface area contributed by atoms with Gasteiger partial charge in [-0.15, -0.1) is 0 Å². The van der Waals surface area contributed by atoms with Gasteiger partial charge in [-0.2, -0.15) is 0 Å². The van der Waals surface area contributed by atoms with E-state index >= 15 is 0 Å². The summed E-state index contributed by atoms with van der Waals surface area (Å²) in [5.41, 5.74) is 5.78. The molecule has 7 rings (SSSR count). The highest BCUT2D eigenvalue weighted by Gasteiger charge is 2.30. The maximum absolute atomic E-state index is 10.8. The summed E-state index contributed by atoms with van der Waals surface area (Å²) in [5.74, 6) is 0.389. The van der Waals surface area contributed by atoms with Gasteiger partial charge < -0.3 is 24.4 Å². The number of hydrogen-bond donors (Lipinski definition) is 2. The van der Waals surface area contributed by atoms with Gasteiger partial charge in [0.05, 0.1) is 29.2 Å². The van der Waals surface area contributed by atoms with Crippen LogP contribution in [-0.4, -0.2) is 60.1 Å². The van der Waals surface area contributed by atoms with Crippen molar-refractivity contribution in [1.29, 1.82) is 0 Å². The molecule has 212 valence electrons. The lowest BCUT2D eigenvalue weighted by molar-refractivity contribution is 0.0548. The lowest BCUT2D eigenvalue weighted by Crippen LogP contribution is -2.45. The number of rotatable bonds is 7. The monoisotopic (exact) mass is 552 g/mol. The number of ether oxygens (including phenoxy) is 1. The summed E-state index contributed by atoms with van der Waals surface area (Å²) in [6.45, 7) is 1.50. The van der Waals surface area contributed by atoms with Crippen LogP contribution in [0.1, 0.15) is 50.1 Å². The van der Waals surface area contributed by atoms with E-state index in [-0.39, 0.29) is 12.5 Å². The Morgan fingerprint density at radius 1 is 0.951 bits per heavy atom. The number of hydrogen-bond acceptors (Lipinski definition) is 7. The number of aromatic nitrogens is 5. The number of aliphatic hydroxyl groups excluding tert-OH is 2. The zero-order valence-electron chi connectivity index (χ0n) is 23.1. The van der Waals surface area contributed by atoms with E-state index in [4.69, 9.17) is 14.7 Å². The zero-order chi connectivity index (χ0) is 27.8. The Morgan fingerprint density at radius 3 is 2.61 bits per heavy atom. The first-order valence-corrected chi connectivity index (χ1v) is 14.7. The zero-order valence-corrected chi connectivity index (χ0v) is 23.1. The second-order valence-electron chi connectivity index (χ2n) is 11.4. The van der Waals surface area contributed by atoms with Crippen molar-refractivity contribution in [3.63, 3.8) is 0 Å². The molecule has 41 heavy (non-hydrogen) atoms. The molecule has 0 unspecified atom stereocenters. The summed E-state index contributed by atoms with van der Waals surface area (Å²) in [7, 11) is 0. The van der Waals surface area contributed by atoms with Crippen LogP contribution in [0.4, 0.5) is 5.69 Å². The third-order valence-electron chi connectivity index (χ3n) is 8.85. The minimum absolute atomic E-state index is 0.0150. The van der Waals surface area contributed by atoms with E-state index in [2.05, 4.69) is 43.4 Å². The van der Waals surface area contributed by atoms with Gasteiger partial charge in [0.15, 0.2) is 5.65 Å². The van der Waals surface area contributed by atoms with Crippen molar-refractivity contribution in [1.82, 2.24) is 24.1 Å². The molecule has 2 atom stereocenters. The second-order valence-corrected chi connectivity index (χ2v) is 11.4. The van der Waals surface area contributed by atoms with Crippen LogP contribution >= 0.6 is 0 Å². The standard InChI is InChI=1S/C32H36N6O3/c39-18-23-13-14-36(17-29(23)40)28-16-37(31-30(28)32(34-20-33-31)41-19-22-7-3-1-4-8-22)25-11-12-27-26(15-25)35-21-38(27)24-9-5-2-6-10-24/h1,3-4,7-8,11-12,15-16,20-21,23-24,29,39-40H,2,5-6,9-10,13-14,17-19H2/t23-,29+/m1/s1. The highest BCUT2D eigenvalue weighted by molar-refractivity contribution is 5.96. The van der Waals surface area contributed by atoms with Gasteiger partial charge >= 0.3 is 0 Å². The first kappa shape index (κ1) is 26.0. The summed E-state index contributed by atoms with van der Waals surface area (Å²) in [6.07, 6.45) is 12.0. The van der Waals surface area contributed by atoms with Crippen LogP contribution in [0, 0.1) is 5.92 Å². The topological polar surface area (TPSA) is 101 Å². The molecule has 2 N–H and O–H groups in total. The van der Waals surface area contributed by atoms with Crippen molar-refractivity contribution in [2.45, 2.75) is 57.3 Å². The lowest BCUT2D eigenvalue weighted by atomic mass is 9.94. The molecular weight excluding hydrogens is 516 g/mol. The fourth-order valence-electron chi connectivity index (χ4n) is 6.52. The predicted octanol–water partition coefficient (Wildman–Crippen LogP) is 5.03. The molecule has 0 spiro atoms. The molecule has 9 nitrogen and oxygen atoms in total. The van der Waals surface area contributed by atoms with Crippen LogP contribution < -0.4 is 9.64 Å². The molecule has 1 saturated heterocycles. The molecule has 5 aromatic rings. The molecule has 1 aliphatic carbocycles. The Balaban J connectivity index is 1.29. The van der Waals surface area contributed by atoms with Gasteiger partial charge in [-0.1, -0.05) is 49.6 Å². The van der Waals surface area contributed by atoms with E-state index in [1.165, 1.54) is 32.1 Å². The van der Waals surface area contributed by atoms with Crippen LogP contribution in [0.5, 0.6) is 5.88 Å². The Kier molecular flexibility index (Phi) is 7.06. The molecule has 0 bridgehead atoms. The summed E-state index contributed by atoms with van der Waals surface area (Å²) in [4.78, 5) is 16.2. The average molecular weight is 553 g/mol. The third-order valence-corrected chi connectivity index (χ3v) is 8.85. The van der Waals surface area contributed by atoms with Crippen molar-refractivity contribution in [3.8, 4) is 11.6 Å². The Hall–Kier alpha value is -3.95. The number of imidazole rings is 1. The molecule has 2 fully saturated rings. The summed E-state index contributed by atoms with van der Waals surface area (Å²) < 4.78 is 10.7. The van der Waals surface area contributed by atoms with E-state index in [1.807, 2.05) is 36.7 Å². The van der Waals surface area contributed by atoms with Gasteiger partial charge in [-0.3, -0.25) is 4.57 Å². The smallest absolute Gasteiger partial charge is 0.228 e. The lowest BCUT2D eigenvalue weighted by Gasteiger charge is -2.36. The fraction of sp³-hybridized carbons (Fsp3) is 0.406. The average Bonchev–Trinajstić information content (AvgIpc) is 3.63. The van der Waals surface area contributed by atoms with Gasteiger partial charge in [0.25, 0.3) is 0 Å². The number of β-amino-alcohol motifs (C(OH)–C–C–N with tert-alkyl or cyclic N) is 1. The number of nitrogens with zero attached hydrogens (tertiary/aromatic N) is 6.